The number of phenols is 1. The van der Waals surface area contributed by atoms with Gasteiger partial charge in [0.25, 0.3) is 17.2 Å². The smallest absolute Gasteiger partial charge is 0.339 e. The highest BCUT2D eigenvalue weighted by Gasteiger charge is 2.19. The molecule has 9 heteroatoms. The van der Waals surface area contributed by atoms with Crippen molar-refractivity contribution in [1.29, 1.82) is 0 Å². The van der Waals surface area contributed by atoms with E-state index in [4.69, 9.17) is 5.11 Å². The first-order valence-electron chi connectivity index (χ1n) is 6.64. The molecule has 4 N–H and O–H groups in total. The van der Waals surface area contributed by atoms with E-state index < -0.39 is 23.0 Å². The minimum Gasteiger partial charge on any atom is -0.507 e. The number of nitrogens with one attached hydrogen (secondary N) is 1. The summed E-state index contributed by atoms with van der Waals surface area (Å²) in [6.07, 6.45) is 0. The second kappa shape index (κ2) is 7.11. The van der Waals surface area contributed by atoms with E-state index in [1.54, 1.807) is 0 Å². The van der Waals surface area contributed by atoms with Crippen LogP contribution in [0.1, 0.15) is 20.7 Å². The van der Waals surface area contributed by atoms with Gasteiger partial charge in [-0.3, -0.25) is 9.35 Å². The predicted octanol–water partition coefficient (Wildman–Crippen LogP) is 1.72. The fraction of sp³-hybridized carbons (Fsp3) is 0.0667. The van der Waals surface area contributed by atoms with E-state index in [2.05, 4.69) is 5.32 Å². The third kappa shape index (κ3) is 3.53. The molecule has 0 saturated heterocycles. The highest BCUT2D eigenvalue weighted by molar-refractivity contribution is 7.81. The van der Waals surface area contributed by atoms with Gasteiger partial charge < -0.3 is 15.5 Å². The molecule has 0 saturated carbocycles. The number of carboxylic acids is 1. The molecule has 0 aliphatic rings. The summed E-state index contributed by atoms with van der Waals surface area (Å²) in [5, 5.41) is 21.1. The maximum absolute atomic E-state index is 11.7. The van der Waals surface area contributed by atoms with E-state index in [0.29, 0.717) is 0 Å². The molecule has 1 amide bonds. The Morgan fingerprint density at radius 3 is 2.33 bits per heavy atom. The average molecular weight is 350 g/mol. The molecule has 24 heavy (non-hydrogen) atoms. The van der Waals surface area contributed by atoms with Crippen LogP contribution in [0.4, 0.5) is 11.4 Å². The number of amides is 1. The van der Waals surface area contributed by atoms with Crippen molar-refractivity contribution in [3.63, 3.8) is 0 Å². The van der Waals surface area contributed by atoms with Gasteiger partial charge in [0.15, 0.2) is 0 Å². The Balaban J connectivity index is 2.51. The zero-order valence-electron chi connectivity index (χ0n) is 12.5. The largest absolute Gasteiger partial charge is 0.507 e. The summed E-state index contributed by atoms with van der Waals surface area (Å²) in [5.41, 5.74) is 0.255. The van der Waals surface area contributed by atoms with Crippen molar-refractivity contribution in [2.24, 2.45) is 0 Å². The zero-order valence-corrected chi connectivity index (χ0v) is 13.3. The van der Waals surface area contributed by atoms with E-state index >= 15 is 0 Å². The van der Waals surface area contributed by atoms with Gasteiger partial charge in [-0.15, -0.1) is 0 Å². The average Bonchev–Trinajstić information content (AvgIpc) is 2.54. The lowest BCUT2D eigenvalue weighted by molar-refractivity contribution is 0.0693. The lowest BCUT2D eigenvalue weighted by atomic mass is 10.1. The molecule has 1 atom stereocenters. The van der Waals surface area contributed by atoms with Crippen molar-refractivity contribution in [2.45, 2.75) is 0 Å². The fourth-order valence-corrected chi connectivity index (χ4v) is 2.66. The Morgan fingerprint density at radius 1 is 1.12 bits per heavy atom. The van der Waals surface area contributed by atoms with Gasteiger partial charge >= 0.3 is 5.97 Å². The van der Waals surface area contributed by atoms with Crippen molar-refractivity contribution in [1.82, 2.24) is 5.32 Å². The number of benzene rings is 2. The van der Waals surface area contributed by atoms with Gasteiger partial charge in [0.1, 0.15) is 11.3 Å². The Morgan fingerprint density at radius 2 is 1.79 bits per heavy atom. The van der Waals surface area contributed by atoms with Gasteiger partial charge in [0, 0.05) is 18.7 Å². The van der Waals surface area contributed by atoms with Crippen molar-refractivity contribution in [3.8, 4) is 5.75 Å². The third-order valence-electron chi connectivity index (χ3n) is 3.17. The molecule has 0 bridgehead atoms. The predicted molar refractivity (Wildman–Crippen MR) is 87.8 cm³/mol. The Kier molecular flexibility index (Phi) is 5.17. The lowest BCUT2D eigenvalue weighted by Crippen LogP contribution is -2.21. The number of hydrogen-bond acceptors (Lipinski definition) is 4. The summed E-state index contributed by atoms with van der Waals surface area (Å²) in [6, 6.07) is 9.43. The zero-order chi connectivity index (χ0) is 17.9. The highest BCUT2D eigenvalue weighted by atomic mass is 32.2. The van der Waals surface area contributed by atoms with E-state index in [9.17, 15) is 23.5 Å². The summed E-state index contributed by atoms with van der Waals surface area (Å²) in [7, 11) is 1.46. The summed E-state index contributed by atoms with van der Waals surface area (Å²) in [6.45, 7) is 0. The van der Waals surface area contributed by atoms with Crippen molar-refractivity contribution in [2.75, 3.05) is 11.4 Å². The Labute approximate surface area is 139 Å². The molecule has 0 aromatic heterocycles. The molecular formula is C15H14N2O6S. The minimum atomic E-state index is -2.51. The SMILES string of the molecule is CNC(=O)c1cccc(N(c2ccc(C(=O)O)c(O)c2)S(=O)O)c1. The number of aromatic carboxylic acids is 1. The van der Waals surface area contributed by atoms with Crippen LogP contribution in [0.2, 0.25) is 0 Å². The first-order chi connectivity index (χ1) is 11.3. The molecule has 0 radical (unpaired) electrons. The molecule has 0 aliphatic heterocycles. The van der Waals surface area contributed by atoms with Gasteiger partial charge in [-0.1, -0.05) is 6.07 Å². The summed E-state index contributed by atoms with van der Waals surface area (Å²) in [4.78, 5) is 22.6. The van der Waals surface area contributed by atoms with Crippen molar-refractivity contribution >= 4 is 34.5 Å². The second-order valence-corrected chi connectivity index (χ2v) is 5.49. The minimum absolute atomic E-state index is 0.0902. The van der Waals surface area contributed by atoms with E-state index in [-0.39, 0.29) is 28.4 Å². The number of nitrogens with zero attached hydrogens (tertiary/aromatic N) is 1. The molecule has 0 fully saturated rings. The second-order valence-electron chi connectivity index (χ2n) is 4.66. The first kappa shape index (κ1) is 17.4. The van der Waals surface area contributed by atoms with E-state index in [1.165, 1.54) is 37.4 Å². The van der Waals surface area contributed by atoms with Gasteiger partial charge in [-0.2, -0.15) is 0 Å². The van der Waals surface area contributed by atoms with Crippen LogP contribution in [0, 0.1) is 0 Å². The molecule has 2 aromatic rings. The molecule has 8 nitrogen and oxygen atoms in total. The van der Waals surface area contributed by atoms with E-state index in [1.807, 2.05) is 0 Å². The monoisotopic (exact) mass is 350 g/mol. The number of carboxylic acid groups (broad SMARTS) is 1. The molecule has 0 aliphatic carbocycles. The molecule has 2 rings (SSSR count). The van der Waals surface area contributed by atoms with Gasteiger partial charge in [-0.25, -0.2) is 13.3 Å². The molecule has 1 unspecified atom stereocenters. The van der Waals surface area contributed by atoms with Crippen LogP contribution in [-0.4, -0.2) is 37.9 Å². The Bertz CT molecular complexity index is 823. The van der Waals surface area contributed by atoms with Crippen LogP contribution in [0.15, 0.2) is 42.5 Å². The van der Waals surface area contributed by atoms with Crippen LogP contribution in [0.25, 0.3) is 0 Å². The summed E-state index contributed by atoms with van der Waals surface area (Å²) in [5.74, 6) is -2.24. The normalized spacial score (nSPS) is 11.6. The molecule has 126 valence electrons. The van der Waals surface area contributed by atoms with E-state index in [0.717, 1.165) is 16.4 Å². The van der Waals surface area contributed by atoms with Crippen LogP contribution in [0.3, 0.4) is 0 Å². The number of hydrogen-bond donors (Lipinski definition) is 4. The van der Waals surface area contributed by atoms with Gasteiger partial charge in [-0.05, 0) is 30.3 Å². The summed E-state index contributed by atoms with van der Waals surface area (Å²) < 4.78 is 22.2. The standard InChI is InChI=1S/C15H14N2O6S/c1-16-14(19)9-3-2-4-10(7-9)17(24(22)23)11-5-6-12(15(20)21)13(18)8-11/h2-8,18H,1H3,(H,16,19)(H,20,21)(H,22,23). The maximum atomic E-state index is 11.7. The number of aromatic hydroxyl groups is 1. The molecule has 0 heterocycles. The lowest BCUT2D eigenvalue weighted by Gasteiger charge is -2.21. The maximum Gasteiger partial charge on any atom is 0.339 e. The summed E-state index contributed by atoms with van der Waals surface area (Å²) >= 11 is -2.51. The molecular weight excluding hydrogens is 336 g/mol. The van der Waals surface area contributed by atoms with Crippen LogP contribution >= 0.6 is 0 Å². The van der Waals surface area contributed by atoms with Gasteiger partial charge in [0.2, 0.25) is 0 Å². The quantitative estimate of drug-likeness (QED) is 0.608. The number of rotatable bonds is 5. The molecule has 0 spiro atoms. The first-order valence-corrected chi connectivity index (χ1v) is 7.71. The van der Waals surface area contributed by atoms with Crippen LogP contribution in [0.5, 0.6) is 5.75 Å². The highest BCUT2D eigenvalue weighted by Crippen LogP contribution is 2.31. The topological polar surface area (TPSA) is 127 Å². The van der Waals surface area contributed by atoms with Crippen molar-refractivity contribution in [3.05, 3.63) is 53.6 Å². The van der Waals surface area contributed by atoms with Crippen molar-refractivity contribution < 1.29 is 28.6 Å². The molecule has 2 aromatic carbocycles. The van der Waals surface area contributed by atoms with Crippen LogP contribution in [-0.2, 0) is 11.3 Å². The van der Waals surface area contributed by atoms with Gasteiger partial charge in [0.05, 0.1) is 11.4 Å². The Hall–Kier alpha value is -2.91. The number of anilines is 2. The fourth-order valence-electron chi connectivity index (χ4n) is 2.07. The third-order valence-corrected chi connectivity index (χ3v) is 3.91. The number of carbonyl (C=O) groups is 2. The number of carbonyl (C=O) groups excluding carboxylic acids is 1. The van der Waals surface area contributed by atoms with Crippen LogP contribution < -0.4 is 9.62 Å².